The van der Waals surface area contributed by atoms with Crippen molar-refractivity contribution in [2.75, 3.05) is 13.2 Å². The van der Waals surface area contributed by atoms with Crippen molar-refractivity contribution in [2.45, 2.75) is 66.3 Å². The molecule has 176 valence electrons. The van der Waals surface area contributed by atoms with E-state index < -0.39 is 29.7 Å². The molecule has 1 aromatic rings. The third-order valence-electron chi connectivity index (χ3n) is 5.23. The highest BCUT2D eigenvalue weighted by Crippen LogP contribution is 2.19. The second-order valence-corrected chi connectivity index (χ2v) is 10.00. The molecule has 2 rings (SSSR count). The van der Waals surface area contributed by atoms with Crippen LogP contribution in [0.2, 0.25) is 0 Å². The number of fused-ring (bicyclic) bond motifs is 2. The molecule has 2 N–H and O–H groups in total. The van der Waals surface area contributed by atoms with Crippen LogP contribution in [0.15, 0.2) is 18.5 Å². The van der Waals surface area contributed by atoms with Crippen molar-refractivity contribution >= 4 is 23.6 Å². The molecule has 0 radical (unpaired) electrons. The highest BCUT2D eigenvalue weighted by atomic mass is 16.5. The largest absolute Gasteiger partial charge is 0.449 e. The van der Waals surface area contributed by atoms with E-state index in [9.17, 15) is 19.2 Å². The number of aryl methyl sites for hydroxylation is 1. The first-order chi connectivity index (χ1) is 15.0. The van der Waals surface area contributed by atoms with Crippen molar-refractivity contribution in [1.82, 2.24) is 15.6 Å². The Kier molecular flexibility index (Phi) is 8.92. The average Bonchev–Trinajstić information content (AvgIpc) is 2.72. The minimum atomic E-state index is -0.828. The lowest BCUT2D eigenvalue weighted by molar-refractivity contribution is -0.141. The summed E-state index contributed by atoms with van der Waals surface area (Å²) < 4.78 is 5.23. The van der Waals surface area contributed by atoms with E-state index in [0.717, 1.165) is 17.5 Å². The molecule has 0 saturated carbocycles. The standard InChI is InChI=1S/C24H35N3O5/c1-15(2)20(27-23(31)32-14-24(3,4)5)19(28)11-18-10-17-9-16(12-25-13-17)7-6-8-26-22(30)21(18)29/h9,12-13,15,18,20H,6-8,10-11,14H2,1-5H3,(H,26,30)(H,27,31). The van der Waals surface area contributed by atoms with Crippen molar-refractivity contribution in [3.8, 4) is 0 Å². The normalized spacial score (nSPS) is 18.4. The summed E-state index contributed by atoms with van der Waals surface area (Å²) in [5.41, 5.74) is 1.63. The predicted molar refractivity (Wildman–Crippen MR) is 120 cm³/mol. The molecule has 2 heterocycles. The number of carbonyl (C=O) groups is 4. The summed E-state index contributed by atoms with van der Waals surface area (Å²) in [6.07, 6.45) is 4.28. The van der Waals surface area contributed by atoms with Gasteiger partial charge in [0.05, 0.1) is 12.6 Å². The van der Waals surface area contributed by atoms with Crippen molar-refractivity contribution in [2.24, 2.45) is 17.3 Å². The number of carbonyl (C=O) groups excluding carboxylic acids is 4. The molecule has 2 atom stereocenters. The van der Waals surface area contributed by atoms with Crippen LogP contribution < -0.4 is 10.6 Å². The summed E-state index contributed by atoms with van der Waals surface area (Å²) in [7, 11) is 0. The van der Waals surface area contributed by atoms with E-state index in [1.54, 1.807) is 12.4 Å². The molecule has 8 heteroatoms. The molecule has 1 aromatic heterocycles. The Bertz CT molecular complexity index is 844. The van der Waals surface area contributed by atoms with Gasteiger partial charge in [0.2, 0.25) is 5.78 Å². The second-order valence-electron chi connectivity index (χ2n) is 10.00. The molecule has 2 unspecified atom stereocenters. The molecule has 1 aliphatic rings. The number of hydrogen-bond acceptors (Lipinski definition) is 6. The van der Waals surface area contributed by atoms with E-state index in [-0.39, 0.29) is 36.6 Å². The second kappa shape index (κ2) is 11.2. The number of ether oxygens (including phenoxy) is 1. The molecule has 8 nitrogen and oxygen atoms in total. The highest BCUT2D eigenvalue weighted by Gasteiger charge is 2.33. The fourth-order valence-electron chi connectivity index (χ4n) is 3.54. The van der Waals surface area contributed by atoms with Gasteiger partial charge in [0.15, 0.2) is 5.78 Å². The van der Waals surface area contributed by atoms with E-state index in [0.29, 0.717) is 13.0 Å². The smallest absolute Gasteiger partial charge is 0.407 e. The average molecular weight is 446 g/mol. The number of nitrogens with zero attached hydrogens (tertiary/aromatic N) is 1. The van der Waals surface area contributed by atoms with Gasteiger partial charge >= 0.3 is 6.09 Å². The molecule has 2 bridgehead atoms. The number of pyridine rings is 1. The maximum absolute atomic E-state index is 13.1. The first-order valence-electron chi connectivity index (χ1n) is 11.2. The van der Waals surface area contributed by atoms with E-state index in [4.69, 9.17) is 4.74 Å². The van der Waals surface area contributed by atoms with E-state index >= 15 is 0 Å². The Labute approximate surface area is 189 Å². The number of alkyl carbamates (subject to hydrolysis) is 1. The van der Waals surface area contributed by atoms with Crippen LogP contribution in [0.1, 0.15) is 58.6 Å². The minimum Gasteiger partial charge on any atom is -0.449 e. The topological polar surface area (TPSA) is 114 Å². The van der Waals surface area contributed by atoms with Crippen LogP contribution in [-0.2, 0) is 32.0 Å². The van der Waals surface area contributed by atoms with Gasteiger partial charge < -0.3 is 15.4 Å². The zero-order valence-electron chi connectivity index (χ0n) is 19.7. The zero-order chi connectivity index (χ0) is 23.9. The summed E-state index contributed by atoms with van der Waals surface area (Å²) in [6, 6.07) is 1.15. The van der Waals surface area contributed by atoms with Gasteiger partial charge in [-0.05, 0) is 41.7 Å². The van der Waals surface area contributed by atoms with E-state index in [2.05, 4.69) is 15.6 Å². The summed E-state index contributed by atoms with van der Waals surface area (Å²) in [4.78, 5) is 54.8. The number of ketones is 2. The van der Waals surface area contributed by atoms with Gasteiger partial charge in [-0.25, -0.2) is 4.79 Å². The predicted octanol–water partition coefficient (Wildman–Crippen LogP) is 2.63. The van der Waals surface area contributed by atoms with Crippen LogP contribution in [0.5, 0.6) is 0 Å². The van der Waals surface area contributed by atoms with Crippen molar-refractivity contribution in [3.63, 3.8) is 0 Å². The number of aromatic nitrogens is 1. The van der Waals surface area contributed by atoms with Crippen molar-refractivity contribution in [3.05, 3.63) is 29.6 Å². The molecule has 0 spiro atoms. The lowest BCUT2D eigenvalue weighted by Crippen LogP contribution is -2.47. The molecule has 0 fully saturated rings. The van der Waals surface area contributed by atoms with E-state index in [1.165, 1.54) is 0 Å². The Balaban J connectivity index is 2.16. The first-order valence-corrected chi connectivity index (χ1v) is 11.2. The fourth-order valence-corrected chi connectivity index (χ4v) is 3.54. The van der Waals surface area contributed by atoms with Crippen LogP contribution in [0.25, 0.3) is 0 Å². The van der Waals surface area contributed by atoms with Gasteiger partial charge in [0.25, 0.3) is 5.91 Å². The Hall–Kier alpha value is -2.77. The summed E-state index contributed by atoms with van der Waals surface area (Å²) >= 11 is 0. The van der Waals surface area contributed by atoms with Gasteiger partial charge in [0.1, 0.15) is 0 Å². The van der Waals surface area contributed by atoms with Crippen LogP contribution in [0.3, 0.4) is 0 Å². The maximum atomic E-state index is 13.1. The summed E-state index contributed by atoms with van der Waals surface area (Å²) in [5, 5.41) is 5.28. The molecular weight excluding hydrogens is 410 g/mol. The fraction of sp³-hybridized carbons (Fsp3) is 0.625. The van der Waals surface area contributed by atoms with Gasteiger partial charge in [-0.3, -0.25) is 19.4 Å². The van der Waals surface area contributed by atoms with Gasteiger partial charge in [-0.15, -0.1) is 0 Å². The van der Waals surface area contributed by atoms with Crippen molar-refractivity contribution in [1.29, 1.82) is 0 Å². The van der Waals surface area contributed by atoms with Crippen molar-refractivity contribution < 1.29 is 23.9 Å². The maximum Gasteiger partial charge on any atom is 0.407 e. The van der Waals surface area contributed by atoms with Crippen LogP contribution in [0, 0.1) is 17.3 Å². The zero-order valence-corrected chi connectivity index (χ0v) is 19.7. The molecular formula is C24H35N3O5. The molecule has 2 amide bonds. The van der Waals surface area contributed by atoms with Gasteiger partial charge in [0, 0.05) is 31.3 Å². The Morgan fingerprint density at radius 3 is 2.56 bits per heavy atom. The molecule has 0 aromatic carbocycles. The van der Waals surface area contributed by atoms with Crippen LogP contribution in [-0.4, -0.2) is 47.7 Å². The number of Topliss-reactive ketones (excluding diaryl/α,β-unsaturated/α-hetero) is 2. The minimum absolute atomic E-state index is 0.154. The van der Waals surface area contributed by atoms with Gasteiger partial charge in [-0.1, -0.05) is 40.7 Å². The lowest BCUT2D eigenvalue weighted by atomic mass is 9.86. The first kappa shape index (κ1) is 25.5. The van der Waals surface area contributed by atoms with Gasteiger partial charge in [-0.2, -0.15) is 0 Å². The molecule has 0 aliphatic carbocycles. The van der Waals surface area contributed by atoms with E-state index in [1.807, 2.05) is 40.7 Å². The number of amides is 2. The number of rotatable bonds is 6. The Morgan fingerprint density at radius 2 is 1.91 bits per heavy atom. The monoisotopic (exact) mass is 445 g/mol. The lowest BCUT2D eigenvalue weighted by Gasteiger charge is -2.24. The highest BCUT2D eigenvalue weighted by molar-refractivity contribution is 6.37. The van der Waals surface area contributed by atoms with Crippen LogP contribution in [0.4, 0.5) is 4.79 Å². The molecule has 32 heavy (non-hydrogen) atoms. The molecule has 0 saturated heterocycles. The SMILES string of the molecule is CC(C)C(NC(=O)OCC(C)(C)C)C(=O)CC1Cc2cncc(c2)CCCNC(=O)C1=O. The summed E-state index contributed by atoms with van der Waals surface area (Å²) in [5.74, 6) is -2.64. The summed E-state index contributed by atoms with van der Waals surface area (Å²) in [6.45, 7) is 10.0. The number of nitrogens with one attached hydrogen (secondary N) is 2. The third-order valence-corrected chi connectivity index (χ3v) is 5.23. The third kappa shape index (κ3) is 8.05. The number of hydrogen-bond donors (Lipinski definition) is 2. The quantitative estimate of drug-likeness (QED) is 0.651. The molecule has 1 aliphatic heterocycles. The Morgan fingerprint density at radius 1 is 1.22 bits per heavy atom. The van der Waals surface area contributed by atoms with Crippen LogP contribution >= 0.6 is 0 Å².